The molecular formula is C18H22Cl2O4. The van der Waals surface area contributed by atoms with Crippen LogP contribution in [0.5, 0.6) is 0 Å². The Morgan fingerprint density at radius 2 is 1.67 bits per heavy atom. The second-order valence-corrected chi connectivity index (χ2v) is 7.83. The molecule has 0 unspecified atom stereocenters. The Bertz CT molecular complexity index is 612. The van der Waals surface area contributed by atoms with Crippen LogP contribution in [0.4, 0.5) is 0 Å². The molecule has 0 aliphatic heterocycles. The molecule has 0 heterocycles. The fraction of sp³-hybridized carbons (Fsp3) is 0.500. The molecule has 0 fully saturated rings. The Balaban J connectivity index is 2.56. The number of hydrogen-bond acceptors (Lipinski definition) is 4. The van der Waals surface area contributed by atoms with Gasteiger partial charge in [-0.05, 0) is 17.5 Å². The van der Waals surface area contributed by atoms with Crippen molar-refractivity contribution in [2.24, 2.45) is 11.3 Å². The van der Waals surface area contributed by atoms with Crippen molar-refractivity contribution in [2.75, 3.05) is 6.61 Å². The maximum atomic E-state index is 12.1. The van der Waals surface area contributed by atoms with Crippen molar-refractivity contribution in [1.82, 2.24) is 0 Å². The summed E-state index contributed by atoms with van der Waals surface area (Å²) in [5, 5.41) is 0.321. The number of hydrogen-bond donors (Lipinski definition) is 0. The Labute approximate surface area is 152 Å². The Morgan fingerprint density at radius 3 is 2.17 bits per heavy atom. The molecule has 0 saturated heterocycles. The summed E-state index contributed by atoms with van der Waals surface area (Å²) in [6.45, 7) is 7.13. The molecule has 132 valence electrons. The number of Topliss-reactive ketones (excluding diaryl/α,β-unsaturated/α-hetero) is 2. The Kier molecular flexibility index (Phi) is 7.43. The largest absolute Gasteiger partial charge is 0.454 e. The van der Waals surface area contributed by atoms with E-state index in [4.69, 9.17) is 27.9 Å². The number of benzene rings is 1. The SMILES string of the molecule is C[C@@H](CC(=O)CC(C)(C)C)C(=O)COC(=O)c1c(Cl)cccc1Cl. The predicted octanol–water partition coefficient (Wildman–Crippen LogP) is 4.75. The molecule has 0 N–H and O–H groups in total. The van der Waals surface area contributed by atoms with Crippen LogP contribution in [0, 0.1) is 11.3 Å². The molecule has 0 aliphatic carbocycles. The fourth-order valence-electron chi connectivity index (χ4n) is 2.16. The smallest absolute Gasteiger partial charge is 0.341 e. The molecule has 0 aliphatic rings. The molecule has 0 saturated carbocycles. The zero-order valence-corrected chi connectivity index (χ0v) is 15.8. The van der Waals surface area contributed by atoms with Crippen LogP contribution in [0.25, 0.3) is 0 Å². The third kappa shape index (κ3) is 6.62. The van der Waals surface area contributed by atoms with E-state index in [0.717, 1.165) is 0 Å². The van der Waals surface area contributed by atoms with Gasteiger partial charge in [0.25, 0.3) is 0 Å². The number of halogens is 2. The average molecular weight is 373 g/mol. The van der Waals surface area contributed by atoms with Crippen LogP contribution in [-0.4, -0.2) is 24.1 Å². The quantitative estimate of drug-likeness (QED) is 0.647. The normalized spacial score (nSPS) is 12.6. The molecule has 0 spiro atoms. The van der Waals surface area contributed by atoms with Crippen LogP contribution in [0.1, 0.15) is 50.9 Å². The van der Waals surface area contributed by atoms with Gasteiger partial charge in [0, 0.05) is 18.8 Å². The zero-order valence-electron chi connectivity index (χ0n) is 14.3. The average Bonchev–Trinajstić information content (AvgIpc) is 2.42. The van der Waals surface area contributed by atoms with Gasteiger partial charge in [-0.1, -0.05) is 57.0 Å². The summed E-state index contributed by atoms with van der Waals surface area (Å²) in [6.07, 6.45) is 0.542. The molecule has 0 aromatic heterocycles. The van der Waals surface area contributed by atoms with E-state index in [1.54, 1.807) is 13.0 Å². The predicted molar refractivity (Wildman–Crippen MR) is 94.6 cm³/mol. The maximum Gasteiger partial charge on any atom is 0.341 e. The highest BCUT2D eigenvalue weighted by Crippen LogP contribution is 2.25. The molecule has 6 heteroatoms. The first-order valence-electron chi connectivity index (χ1n) is 7.67. The van der Waals surface area contributed by atoms with Crippen molar-refractivity contribution >= 4 is 40.7 Å². The highest BCUT2D eigenvalue weighted by Gasteiger charge is 2.23. The third-order valence-corrected chi connectivity index (χ3v) is 3.95. The van der Waals surface area contributed by atoms with Crippen LogP contribution in [0.3, 0.4) is 0 Å². The lowest BCUT2D eigenvalue weighted by Gasteiger charge is -2.18. The lowest BCUT2D eigenvalue weighted by Crippen LogP contribution is -2.24. The lowest BCUT2D eigenvalue weighted by molar-refractivity contribution is -0.130. The minimum Gasteiger partial charge on any atom is -0.454 e. The van der Waals surface area contributed by atoms with Gasteiger partial charge in [0.05, 0.1) is 15.6 Å². The van der Waals surface area contributed by atoms with Gasteiger partial charge in [-0.3, -0.25) is 9.59 Å². The molecule has 0 amide bonds. The molecule has 0 radical (unpaired) electrons. The summed E-state index contributed by atoms with van der Waals surface area (Å²) in [6, 6.07) is 4.63. The van der Waals surface area contributed by atoms with Crippen molar-refractivity contribution in [3.05, 3.63) is 33.8 Å². The summed E-state index contributed by atoms with van der Waals surface area (Å²) in [4.78, 5) is 36.0. The summed E-state index contributed by atoms with van der Waals surface area (Å²) in [7, 11) is 0. The molecule has 0 bridgehead atoms. The topological polar surface area (TPSA) is 60.4 Å². The molecule has 1 aromatic carbocycles. The van der Waals surface area contributed by atoms with E-state index in [2.05, 4.69) is 0 Å². The highest BCUT2D eigenvalue weighted by atomic mass is 35.5. The van der Waals surface area contributed by atoms with Gasteiger partial charge in [-0.25, -0.2) is 4.79 Å². The van der Waals surface area contributed by atoms with Gasteiger partial charge in [-0.2, -0.15) is 0 Å². The standard InChI is InChI=1S/C18H22Cl2O4/c1-11(8-12(21)9-18(2,3)4)15(22)10-24-17(23)16-13(19)6-5-7-14(16)20/h5-7,11H,8-10H2,1-4H3/t11-/m0/s1. The van der Waals surface area contributed by atoms with Gasteiger partial charge in [0.1, 0.15) is 5.78 Å². The molecule has 24 heavy (non-hydrogen) atoms. The molecule has 1 rings (SSSR count). The third-order valence-electron chi connectivity index (χ3n) is 3.32. The van der Waals surface area contributed by atoms with Crippen molar-refractivity contribution in [2.45, 2.75) is 40.5 Å². The van der Waals surface area contributed by atoms with Crippen LogP contribution in [-0.2, 0) is 14.3 Å². The highest BCUT2D eigenvalue weighted by molar-refractivity contribution is 6.39. The van der Waals surface area contributed by atoms with Crippen LogP contribution >= 0.6 is 23.2 Å². The minimum atomic E-state index is -0.757. The summed E-state index contributed by atoms with van der Waals surface area (Å²) in [5.74, 6) is -1.56. The Morgan fingerprint density at radius 1 is 1.12 bits per heavy atom. The molecule has 4 nitrogen and oxygen atoms in total. The zero-order chi connectivity index (χ0) is 18.5. The number of rotatable bonds is 7. The molecule has 1 atom stereocenters. The molecular weight excluding hydrogens is 351 g/mol. The first-order valence-corrected chi connectivity index (χ1v) is 8.42. The van der Waals surface area contributed by atoms with Crippen molar-refractivity contribution in [3.63, 3.8) is 0 Å². The van der Waals surface area contributed by atoms with Crippen LogP contribution in [0.2, 0.25) is 10.0 Å². The monoisotopic (exact) mass is 372 g/mol. The number of carbonyl (C=O) groups is 3. The summed E-state index contributed by atoms with van der Waals surface area (Å²) >= 11 is 11.8. The number of carbonyl (C=O) groups excluding carboxylic acids is 3. The van der Waals surface area contributed by atoms with E-state index in [-0.39, 0.29) is 39.0 Å². The number of ether oxygens (including phenoxy) is 1. The first kappa shape index (κ1) is 20.7. The first-order chi connectivity index (χ1) is 11.0. The summed E-state index contributed by atoms with van der Waals surface area (Å²) in [5.41, 5.74) is -0.0854. The van der Waals surface area contributed by atoms with Crippen LogP contribution in [0.15, 0.2) is 18.2 Å². The van der Waals surface area contributed by atoms with E-state index < -0.39 is 18.5 Å². The maximum absolute atomic E-state index is 12.1. The van der Waals surface area contributed by atoms with E-state index >= 15 is 0 Å². The molecule has 1 aromatic rings. The minimum absolute atomic E-state index is 0.0174. The van der Waals surface area contributed by atoms with Crippen molar-refractivity contribution < 1.29 is 19.1 Å². The van der Waals surface area contributed by atoms with Gasteiger partial charge < -0.3 is 4.74 Å². The Hall–Kier alpha value is -1.39. The fourth-order valence-corrected chi connectivity index (χ4v) is 2.71. The van der Waals surface area contributed by atoms with Gasteiger partial charge >= 0.3 is 5.97 Å². The second kappa shape index (κ2) is 8.63. The van der Waals surface area contributed by atoms with E-state index in [1.165, 1.54) is 12.1 Å². The van der Waals surface area contributed by atoms with Crippen molar-refractivity contribution in [1.29, 1.82) is 0 Å². The number of esters is 1. The van der Waals surface area contributed by atoms with E-state index in [9.17, 15) is 14.4 Å². The summed E-state index contributed by atoms with van der Waals surface area (Å²) < 4.78 is 4.99. The van der Waals surface area contributed by atoms with Gasteiger partial charge in [0.2, 0.25) is 0 Å². The number of ketones is 2. The van der Waals surface area contributed by atoms with Crippen LogP contribution < -0.4 is 0 Å². The van der Waals surface area contributed by atoms with E-state index in [0.29, 0.717) is 6.42 Å². The van der Waals surface area contributed by atoms with E-state index in [1.807, 2.05) is 20.8 Å². The second-order valence-electron chi connectivity index (χ2n) is 7.02. The van der Waals surface area contributed by atoms with Gasteiger partial charge in [-0.15, -0.1) is 0 Å². The lowest BCUT2D eigenvalue weighted by atomic mass is 9.86. The van der Waals surface area contributed by atoms with Crippen molar-refractivity contribution in [3.8, 4) is 0 Å². The van der Waals surface area contributed by atoms with Gasteiger partial charge in [0.15, 0.2) is 12.4 Å².